The van der Waals surface area contributed by atoms with Gasteiger partial charge >= 0.3 is 0 Å². The second kappa shape index (κ2) is 7.52. The molecule has 0 radical (unpaired) electrons. The Morgan fingerprint density at radius 3 is 1.52 bits per heavy atom. The molecule has 3 aromatic carbocycles. The molecule has 0 spiro atoms. The lowest BCUT2D eigenvalue weighted by Crippen LogP contribution is -1.77. The van der Waals surface area contributed by atoms with Crippen molar-refractivity contribution in [2.24, 2.45) is 0 Å². The van der Waals surface area contributed by atoms with Gasteiger partial charge in [-0.05, 0) is 35.4 Å². The van der Waals surface area contributed by atoms with E-state index in [2.05, 4.69) is 18.2 Å². The maximum atomic E-state index is 8.65. The lowest BCUT2D eigenvalue weighted by Gasteiger charge is -1.99. The molecule has 3 rings (SSSR count). The van der Waals surface area contributed by atoms with E-state index in [-0.39, 0.29) is 0 Å². The number of aromatic hydroxyl groups is 1. The van der Waals surface area contributed by atoms with Crippen LogP contribution in [0.3, 0.4) is 0 Å². The lowest BCUT2D eigenvalue weighted by atomic mass is 10.0. The molecule has 3 aromatic rings. The summed E-state index contributed by atoms with van der Waals surface area (Å²) in [4.78, 5) is 0. The first kappa shape index (κ1) is 14.4. The van der Waals surface area contributed by atoms with Crippen molar-refractivity contribution in [3.05, 3.63) is 90.5 Å². The molecule has 0 aliphatic carbocycles. The summed E-state index contributed by atoms with van der Waals surface area (Å²) in [5, 5.41) is 17.3. The van der Waals surface area contributed by atoms with E-state index in [1.165, 1.54) is 5.56 Å². The molecular weight excluding hydrogens is 258 g/mol. The maximum Gasteiger partial charge on any atom is 0.115 e. The summed E-state index contributed by atoms with van der Waals surface area (Å²) in [7, 11) is 0. The molecule has 102 valence electrons. The molecule has 0 aromatic heterocycles. The minimum Gasteiger partial charge on any atom is -0.508 e. The molecule has 21 heavy (non-hydrogen) atoms. The van der Waals surface area contributed by atoms with Gasteiger partial charge in [0.2, 0.25) is 0 Å². The van der Waals surface area contributed by atoms with Crippen LogP contribution in [-0.2, 0) is 0 Å². The van der Waals surface area contributed by atoms with E-state index < -0.39 is 0 Å². The van der Waals surface area contributed by atoms with Crippen LogP contribution in [0.15, 0.2) is 84.9 Å². The number of hydrogen-bond acceptors (Lipinski definition) is 2. The molecule has 2 heteroatoms. The van der Waals surface area contributed by atoms with Gasteiger partial charge in [0.05, 0.1) is 11.6 Å². The molecule has 0 unspecified atom stereocenters. The average Bonchev–Trinajstić information content (AvgIpc) is 2.57. The zero-order valence-corrected chi connectivity index (χ0v) is 11.5. The van der Waals surface area contributed by atoms with Crippen LogP contribution in [0.5, 0.6) is 5.75 Å². The van der Waals surface area contributed by atoms with Crippen LogP contribution in [0.1, 0.15) is 5.56 Å². The summed E-state index contributed by atoms with van der Waals surface area (Å²) in [6.45, 7) is 0. The zero-order chi connectivity index (χ0) is 14.9. The first-order chi connectivity index (χ1) is 10.3. The quantitative estimate of drug-likeness (QED) is 0.703. The third-order valence-electron chi connectivity index (χ3n) is 2.88. The fraction of sp³-hybridized carbons (Fsp3) is 0. The van der Waals surface area contributed by atoms with Crippen LogP contribution in [0.25, 0.3) is 11.1 Å². The molecular formula is C19H15NO. The highest BCUT2D eigenvalue weighted by Crippen LogP contribution is 2.18. The largest absolute Gasteiger partial charge is 0.508 e. The number of benzene rings is 3. The Balaban J connectivity index is 0.000000194. The van der Waals surface area contributed by atoms with Crippen LogP contribution in [0.2, 0.25) is 0 Å². The van der Waals surface area contributed by atoms with Crippen LogP contribution in [0, 0.1) is 11.3 Å². The Morgan fingerprint density at radius 1 is 0.619 bits per heavy atom. The van der Waals surface area contributed by atoms with Crippen molar-refractivity contribution in [2.45, 2.75) is 0 Å². The molecule has 0 amide bonds. The Morgan fingerprint density at radius 2 is 1.10 bits per heavy atom. The van der Waals surface area contributed by atoms with E-state index in [1.807, 2.05) is 48.5 Å². The van der Waals surface area contributed by atoms with Crippen molar-refractivity contribution in [1.29, 1.82) is 5.26 Å². The zero-order valence-electron chi connectivity index (χ0n) is 11.5. The van der Waals surface area contributed by atoms with Gasteiger partial charge in [0, 0.05) is 0 Å². The summed E-state index contributed by atoms with van der Waals surface area (Å²) in [6, 6.07) is 28.5. The van der Waals surface area contributed by atoms with E-state index in [9.17, 15) is 0 Å². The highest BCUT2D eigenvalue weighted by atomic mass is 16.3. The molecule has 0 aliphatic heterocycles. The first-order valence-corrected chi connectivity index (χ1v) is 6.59. The molecule has 0 aliphatic rings. The van der Waals surface area contributed by atoms with Crippen LogP contribution >= 0.6 is 0 Å². The molecule has 0 saturated heterocycles. The minimum atomic E-state index is 0.322. The molecule has 1 N–H and O–H groups in total. The number of para-hydroxylation sites is 1. The summed E-state index contributed by atoms with van der Waals surface area (Å²) < 4.78 is 0. The van der Waals surface area contributed by atoms with Crippen molar-refractivity contribution in [3.63, 3.8) is 0 Å². The number of nitriles is 1. The van der Waals surface area contributed by atoms with Crippen molar-refractivity contribution in [2.75, 3.05) is 0 Å². The lowest BCUT2D eigenvalue weighted by molar-refractivity contribution is 0.475. The monoisotopic (exact) mass is 273 g/mol. The van der Waals surface area contributed by atoms with E-state index in [0.29, 0.717) is 11.3 Å². The number of hydrogen-bond donors (Lipinski definition) is 1. The summed E-state index contributed by atoms with van der Waals surface area (Å²) in [5.41, 5.74) is 3.02. The highest BCUT2D eigenvalue weighted by Gasteiger charge is 1.95. The standard InChI is InChI=1S/C13H9N.C6H6O/c14-10-11-6-8-13(9-7-11)12-4-2-1-3-5-12;7-6-4-2-1-3-5-6/h1-9H;1-5,7H. The molecule has 0 atom stereocenters. The predicted molar refractivity (Wildman–Crippen MR) is 84.7 cm³/mol. The fourth-order valence-electron chi connectivity index (χ4n) is 1.80. The minimum absolute atomic E-state index is 0.322. The summed E-state index contributed by atoms with van der Waals surface area (Å²) >= 11 is 0. The van der Waals surface area contributed by atoms with Crippen molar-refractivity contribution < 1.29 is 5.11 Å². The smallest absolute Gasteiger partial charge is 0.115 e. The Hall–Kier alpha value is -3.05. The van der Waals surface area contributed by atoms with Gasteiger partial charge in [-0.3, -0.25) is 0 Å². The third kappa shape index (κ3) is 4.52. The van der Waals surface area contributed by atoms with Gasteiger partial charge in [0.1, 0.15) is 5.75 Å². The number of phenols is 1. The fourth-order valence-corrected chi connectivity index (χ4v) is 1.80. The Labute approximate surface area is 124 Å². The second-order valence-electron chi connectivity index (χ2n) is 4.39. The van der Waals surface area contributed by atoms with Crippen molar-refractivity contribution >= 4 is 0 Å². The normalized spacial score (nSPS) is 9.10. The van der Waals surface area contributed by atoms with Crippen molar-refractivity contribution in [1.82, 2.24) is 0 Å². The van der Waals surface area contributed by atoms with Gasteiger partial charge in [0.25, 0.3) is 0 Å². The van der Waals surface area contributed by atoms with Gasteiger partial charge in [0.15, 0.2) is 0 Å². The average molecular weight is 273 g/mol. The van der Waals surface area contributed by atoms with Crippen LogP contribution in [-0.4, -0.2) is 5.11 Å². The third-order valence-corrected chi connectivity index (χ3v) is 2.88. The molecule has 2 nitrogen and oxygen atoms in total. The predicted octanol–water partition coefficient (Wildman–Crippen LogP) is 4.62. The van der Waals surface area contributed by atoms with E-state index >= 15 is 0 Å². The Bertz CT molecular complexity index is 698. The SMILES string of the molecule is N#Cc1ccc(-c2ccccc2)cc1.Oc1ccccc1. The summed E-state index contributed by atoms with van der Waals surface area (Å²) in [6.07, 6.45) is 0. The van der Waals surface area contributed by atoms with E-state index in [0.717, 1.165) is 5.56 Å². The number of phenolic OH excluding ortho intramolecular Hbond substituents is 1. The first-order valence-electron chi connectivity index (χ1n) is 6.59. The van der Waals surface area contributed by atoms with Crippen LogP contribution < -0.4 is 0 Å². The van der Waals surface area contributed by atoms with Crippen molar-refractivity contribution in [3.8, 4) is 22.9 Å². The molecule has 0 bridgehead atoms. The van der Waals surface area contributed by atoms with E-state index in [1.54, 1.807) is 24.3 Å². The van der Waals surface area contributed by atoms with Gasteiger partial charge in [-0.25, -0.2) is 0 Å². The van der Waals surface area contributed by atoms with Crippen LogP contribution in [0.4, 0.5) is 0 Å². The maximum absolute atomic E-state index is 8.65. The van der Waals surface area contributed by atoms with Gasteiger partial charge in [-0.15, -0.1) is 0 Å². The van der Waals surface area contributed by atoms with E-state index in [4.69, 9.17) is 10.4 Å². The highest BCUT2D eigenvalue weighted by molar-refractivity contribution is 5.63. The molecule has 0 heterocycles. The second-order valence-corrected chi connectivity index (χ2v) is 4.39. The molecule has 0 fully saturated rings. The van der Waals surface area contributed by atoms with Gasteiger partial charge in [-0.1, -0.05) is 60.7 Å². The number of rotatable bonds is 1. The summed E-state index contributed by atoms with van der Waals surface area (Å²) in [5.74, 6) is 0.322. The Kier molecular flexibility index (Phi) is 5.14. The molecule has 0 saturated carbocycles. The number of nitrogens with zero attached hydrogens (tertiary/aromatic N) is 1. The van der Waals surface area contributed by atoms with Gasteiger partial charge in [-0.2, -0.15) is 5.26 Å². The topological polar surface area (TPSA) is 44.0 Å². The van der Waals surface area contributed by atoms with Gasteiger partial charge < -0.3 is 5.11 Å².